The topological polar surface area (TPSA) is 73.3 Å². The van der Waals surface area contributed by atoms with Gasteiger partial charge in [0.05, 0.1) is 11.2 Å². The van der Waals surface area contributed by atoms with E-state index in [4.69, 9.17) is 9.31 Å². The third-order valence-corrected chi connectivity index (χ3v) is 4.47. The molecule has 0 saturated carbocycles. The van der Waals surface area contributed by atoms with E-state index in [0.717, 1.165) is 5.46 Å². The van der Waals surface area contributed by atoms with E-state index in [2.05, 4.69) is 15.5 Å². The van der Waals surface area contributed by atoms with Gasteiger partial charge in [0, 0.05) is 11.9 Å². The van der Waals surface area contributed by atoms with Crippen LogP contribution in [0.2, 0.25) is 0 Å². The van der Waals surface area contributed by atoms with Crippen molar-refractivity contribution in [1.29, 1.82) is 0 Å². The number of aromatic nitrogens is 2. The molecule has 1 saturated heterocycles. The van der Waals surface area contributed by atoms with E-state index in [1.807, 2.05) is 52.0 Å². The van der Waals surface area contributed by atoms with Gasteiger partial charge < -0.3 is 14.6 Å². The third kappa shape index (κ3) is 3.18. The SMILES string of the molecule is CC1(C)OB(c2cccc(NC(=O)c3cccnn3)c2)OC1(C)C. The molecule has 3 rings (SSSR count). The Labute approximate surface area is 141 Å². The van der Waals surface area contributed by atoms with Gasteiger partial charge in [0.2, 0.25) is 0 Å². The molecule has 2 aromatic rings. The summed E-state index contributed by atoms with van der Waals surface area (Å²) in [5, 5.41) is 10.3. The Bertz CT molecular complexity index is 734. The molecule has 1 aromatic carbocycles. The summed E-state index contributed by atoms with van der Waals surface area (Å²) >= 11 is 0. The van der Waals surface area contributed by atoms with E-state index in [0.29, 0.717) is 5.69 Å². The highest BCUT2D eigenvalue weighted by atomic mass is 16.7. The molecule has 1 aliphatic heterocycles. The normalized spacial score (nSPS) is 18.4. The van der Waals surface area contributed by atoms with Gasteiger partial charge in [-0.3, -0.25) is 4.79 Å². The van der Waals surface area contributed by atoms with Crippen LogP contribution in [0, 0.1) is 0 Å². The molecule has 0 aliphatic carbocycles. The molecular weight excluding hydrogens is 305 g/mol. The fourth-order valence-electron chi connectivity index (χ4n) is 2.36. The fourth-order valence-corrected chi connectivity index (χ4v) is 2.36. The highest BCUT2D eigenvalue weighted by molar-refractivity contribution is 6.62. The Hall–Kier alpha value is -2.25. The van der Waals surface area contributed by atoms with Crippen LogP contribution in [0.1, 0.15) is 38.2 Å². The van der Waals surface area contributed by atoms with Gasteiger partial charge in [0.25, 0.3) is 5.91 Å². The number of benzene rings is 1. The number of rotatable bonds is 3. The maximum Gasteiger partial charge on any atom is 0.494 e. The molecule has 0 unspecified atom stereocenters. The number of hydrogen-bond acceptors (Lipinski definition) is 5. The molecule has 0 bridgehead atoms. The molecule has 0 atom stereocenters. The second-order valence-corrected chi connectivity index (χ2v) is 6.78. The van der Waals surface area contributed by atoms with Crippen LogP contribution in [0.5, 0.6) is 0 Å². The van der Waals surface area contributed by atoms with Crippen LogP contribution >= 0.6 is 0 Å². The summed E-state index contributed by atoms with van der Waals surface area (Å²) in [5.41, 5.74) is 0.953. The minimum atomic E-state index is -0.469. The molecule has 2 heterocycles. The zero-order valence-electron chi connectivity index (χ0n) is 14.2. The van der Waals surface area contributed by atoms with Crippen LogP contribution in [-0.2, 0) is 9.31 Å². The second-order valence-electron chi connectivity index (χ2n) is 6.78. The Kier molecular flexibility index (Phi) is 4.15. The van der Waals surface area contributed by atoms with Crippen molar-refractivity contribution in [3.05, 3.63) is 48.3 Å². The lowest BCUT2D eigenvalue weighted by Gasteiger charge is -2.32. The Morgan fingerprint density at radius 2 is 1.79 bits per heavy atom. The molecular formula is C17H20BN3O3. The van der Waals surface area contributed by atoms with Crippen LogP contribution in [0.4, 0.5) is 5.69 Å². The Balaban J connectivity index is 1.77. The second kappa shape index (κ2) is 6.00. The average Bonchev–Trinajstić information content (AvgIpc) is 2.76. The molecule has 1 fully saturated rings. The van der Waals surface area contributed by atoms with E-state index < -0.39 is 18.3 Å². The predicted molar refractivity (Wildman–Crippen MR) is 92.1 cm³/mol. The fraction of sp³-hybridized carbons (Fsp3) is 0.353. The van der Waals surface area contributed by atoms with Crippen LogP contribution in [-0.4, -0.2) is 34.4 Å². The van der Waals surface area contributed by atoms with Crippen molar-refractivity contribution in [2.24, 2.45) is 0 Å². The predicted octanol–water partition coefficient (Wildman–Crippen LogP) is 2.03. The average molecular weight is 325 g/mol. The number of nitrogens with zero attached hydrogens (tertiary/aromatic N) is 2. The Morgan fingerprint density at radius 3 is 2.42 bits per heavy atom. The number of amides is 1. The first-order chi connectivity index (χ1) is 11.3. The first kappa shape index (κ1) is 16.6. The minimum absolute atomic E-state index is 0.263. The summed E-state index contributed by atoms with van der Waals surface area (Å²) in [4.78, 5) is 12.2. The maximum absolute atomic E-state index is 12.2. The number of nitrogens with one attached hydrogen (secondary N) is 1. The standard InChI is InChI=1S/C17H20BN3O3/c1-16(2)17(3,4)24-18(23-16)12-7-5-8-13(11-12)20-15(22)14-9-6-10-19-21-14/h5-11H,1-4H3,(H,20,22). The lowest BCUT2D eigenvalue weighted by molar-refractivity contribution is 0.00578. The first-order valence-corrected chi connectivity index (χ1v) is 7.83. The summed E-state index contributed by atoms with van der Waals surface area (Å²) in [5.74, 6) is -0.311. The maximum atomic E-state index is 12.2. The van der Waals surface area contributed by atoms with E-state index in [9.17, 15) is 4.79 Å². The lowest BCUT2D eigenvalue weighted by atomic mass is 9.79. The number of carbonyl (C=O) groups is 1. The molecule has 1 N–H and O–H groups in total. The highest BCUT2D eigenvalue weighted by Crippen LogP contribution is 2.36. The molecule has 24 heavy (non-hydrogen) atoms. The van der Waals surface area contributed by atoms with Gasteiger partial charge >= 0.3 is 7.12 Å². The number of carbonyl (C=O) groups excluding carboxylic acids is 1. The summed E-state index contributed by atoms with van der Waals surface area (Å²) in [6, 6.07) is 10.7. The number of hydrogen-bond donors (Lipinski definition) is 1. The first-order valence-electron chi connectivity index (χ1n) is 7.83. The summed E-state index contributed by atoms with van der Waals surface area (Å²) in [6.45, 7) is 8.03. The van der Waals surface area contributed by atoms with Crippen molar-refractivity contribution in [2.45, 2.75) is 38.9 Å². The molecule has 1 amide bonds. The smallest absolute Gasteiger partial charge is 0.399 e. The van der Waals surface area contributed by atoms with Gasteiger partial charge in [0.15, 0.2) is 5.69 Å². The minimum Gasteiger partial charge on any atom is -0.399 e. The molecule has 0 radical (unpaired) electrons. The van der Waals surface area contributed by atoms with Crippen molar-refractivity contribution in [3.8, 4) is 0 Å². The lowest BCUT2D eigenvalue weighted by Crippen LogP contribution is -2.41. The van der Waals surface area contributed by atoms with Gasteiger partial charge in [-0.25, -0.2) is 0 Å². The van der Waals surface area contributed by atoms with Crippen molar-refractivity contribution in [3.63, 3.8) is 0 Å². The van der Waals surface area contributed by atoms with Crippen molar-refractivity contribution < 1.29 is 14.1 Å². The van der Waals surface area contributed by atoms with Crippen molar-refractivity contribution >= 4 is 24.2 Å². The summed E-state index contributed by atoms with van der Waals surface area (Å²) in [6.07, 6.45) is 1.52. The zero-order chi connectivity index (χ0) is 17.4. The van der Waals surface area contributed by atoms with E-state index in [-0.39, 0.29) is 11.6 Å². The summed E-state index contributed by atoms with van der Waals surface area (Å²) in [7, 11) is -0.469. The molecule has 1 aromatic heterocycles. The molecule has 124 valence electrons. The van der Waals surface area contributed by atoms with E-state index >= 15 is 0 Å². The van der Waals surface area contributed by atoms with Crippen LogP contribution in [0.3, 0.4) is 0 Å². The zero-order valence-corrected chi connectivity index (χ0v) is 14.2. The highest BCUT2D eigenvalue weighted by Gasteiger charge is 2.51. The van der Waals surface area contributed by atoms with E-state index in [1.165, 1.54) is 6.20 Å². The van der Waals surface area contributed by atoms with Crippen molar-refractivity contribution in [2.75, 3.05) is 5.32 Å². The van der Waals surface area contributed by atoms with Gasteiger partial charge in [-0.05, 0) is 57.4 Å². The molecule has 6 nitrogen and oxygen atoms in total. The third-order valence-electron chi connectivity index (χ3n) is 4.47. The van der Waals surface area contributed by atoms with Crippen LogP contribution < -0.4 is 10.8 Å². The van der Waals surface area contributed by atoms with Crippen molar-refractivity contribution in [1.82, 2.24) is 10.2 Å². The van der Waals surface area contributed by atoms with Gasteiger partial charge in [-0.15, -0.1) is 5.10 Å². The van der Waals surface area contributed by atoms with E-state index in [1.54, 1.807) is 12.1 Å². The monoisotopic (exact) mass is 325 g/mol. The van der Waals surface area contributed by atoms with Crippen LogP contribution in [0.25, 0.3) is 0 Å². The van der Waals surface area contributed by atoms with Crippen LogP contribution in [0.15, 0.2) is 42.6 Å². The van der Waals surface area contributed by atoms with Gasteiger partial charge in [-0.2, -0.15) is 5.10 Å². The molecule has 7 heteroatoms. The summed E-state index contributed by atoms with van der Waals surface area (Å²) < 4.78 is 12.1. The van der Waals surface area contributed by atoms with Gasteiger partial charge in [-0.1, -0.05) is 12.1 Å². The molecule has 1 aliphatic rings. The Morgan fingerprint density at radius 1 is 1.08 bits per heavy atom. The largest absolute Gasteiger partial charge is 0.494 e. The number of anilines is 1. The quantitative estimate of drug-likeness (QED) is 0.874. The van der Waals surface area contributed by atoms with Gasteiger partial charge in [0.1, 0.15) is 0 Å². The molecule has 0 spiro atoms.